The summed E-state index contributed by atoms with van der Waals surface area (Å²) in [5.41, 5.74) is 1.12. The normalized spacial score (nSPS) is 15.8. The van der Waals surface area contributed by atoms with Gasteiger partial charge in [0.25, 0.3) is 0 Å². The van der Waals surface area contributed by atoms with E-state index in [1.807, 2.05) is 48.5 Å². The van der Waals surface area contributed by atoms with Gasteiger partial charge in [0.1, 0.15) is 0 Å². The van der Waals surface area contributed by atoms with E-state index in [4.69, 9.17) is 0 Å². The fourth-order valence-electron chi connectivity index (χ4n) is 2.61. The van der Waals surface area contributed by atoms with Crippen LogP contribution in [0.4, 0.5) is 9.93 Å². The number of carbonyl (C=O) groups is 1. The number of thiazole rings is 1. The lowest BCUT2D eigenvalue weighted by molar-refractivity contribution is 0.190. The summed E-state index contributed by atoms with van der Waals surface area (Å²) in [6, 6.07) is 10.5. The number of rotatable bonds is 3. The van der Waals surface area contributed by atoms with E-state index in [1.54, 1.807) is 0 Å². The number of amides is 2. The maximum Gasteiger partial charge on any atom is 0.323 e. The van der Waals surface area contributed by atoms with E-state index in [-0.39, 0.29) is 6.03 Å². The molecule has 1 fully saturated rings. The number of hydrogen-bond acceptors (Lipinski definition) is 4. The second-order valence-corrected chi connectivity index (χ2v) is 6.41. The molecule has 1 aliphatic rings. The first kappa shape index (κ1) is 15.0. The third kappa shape index (κ3) is 3.45. The Hall–Kier alpha value is -1.92. The molecule has 1 aromatic carbocycles. The number of nitrogens with one attached hydrogen (secondary N) is 2. The Morgan fingerprint density at radius 1 is 1.27 bits per heavy atom. The number of likely N-dealkylation sites (tertiary alicyclic amines) is 1. The van der Waals surface area contributed by atoms with E-state index in [1.165, 1.54) is 11.3 Å². The lowest BCUT2D eigenvalue weighted by Gasteiger charge is -2.31. The second-order valence-electron chi connectivity index (χ2n) is 5.38. The highest BCUT2D eigenvalue weighted by molar-refractivity contribution is 7.19. The van der Waals surface area contributed by atoms with Crippen molar-refractivity contribution in [3.05, 3.63) is 36.5 Å². The van der Waals surface area contributed by atoms with Gasteiger partial charge in [0.15, 0.2) is 5.13 Å². The predicted octanol–water partition coefficient (Wildman–Crippen LogP) is 3.03. The van der Waals surface area contributed by atoms with Crippen LogP contribution in [-0.2, 0) is 0 Å². The molecule has 2 N–H and O–H groups in total. The lowest BCUT2D eigenvalue weighted by Crippen LogP contribution is -2.45. The molecule has 0 radical (unpaired) electrons. The van der Waals surface area contributed by atoms with Crippen molar-refractivity contribution in [2.24, 2.45) is 0 Å². The second kappa shape index (κ2) is 6.89. The van der Waals surface area contributed by atoms with E-state index in [0.29, 0.717) is 11.2 Å². The molecule has 5 nitrogen and oxygen atoms in total. The Labute approximate surface area is 134 Å². The van der Waals surface area contributed by atoms with E-state index < -0.39 is 0 Å². The molecule has 0 unspecified atom stereocenters. The Bertz CT molecular complexity index is 620. The zero-order valence-electron chi connectivity index (χ0n) is 12.6. The van der Waals surface area contributed by atoms with Crippen molar-refractivity contribution in [3.8, 4) is 10.4 Å². The van der Waals surface area contributed by atoms with Crippen molar-refractivity contribution in [2.75, 3.05) is 25.5 Å². The Kier molecular flexibility index (Phi) is 4.70. The first-order chi connectivity index (χ1) is 10.8. The molecule has 116 valence electrons. The van der Waals surface area contributed by atoms with Gasteiger partial charge in [-0.15, -0.1) is 0 Å². The predicted molar refractivity (Wildman–Crippen MR) is 90.2 cm³/mol. The van der Waals surface area contributed by atoms with E-state index in [2.05, 4.69) is 15.6 Å². The summed E-state index contributed by atoms with van der Waals surface area (Å²) >= 11 is 1.50. The van der Waals surface area contributed by atoms with Crippen molar-refractivity contribution in [3.63, 3.8) is 0 Å². The van der Waals surface area contributed by atoms with Gasteiger partial charge < -0.3 is 10.2 Å². The molecular weight excluding hydrogens is 296 g/mol. The Morgan fingerprint density at radius 2 is 2.00 bits per heavy atom. The number of piperidine rings is 1. The summed E-state index contributed by atoms with van der Waals surface area (Å²) in [5, 5.41) is 6.83. The fourth-order valence-corrected chi connectivity index (χ4v) is 3.42. The van der Waals surface area contributed by atoms with Crippen LogP contribution >= 0.6 is 11.3 Å². The van der Waals surface area contributed by atoms with Gasteiger partial charge in [0.2, 0.25) is 0 Å². The minimum atomic E-state index is -0.0523. The monoisotopic (exact) mass is 316 g/mol. The minimum absolute atomic E-state index is 0.0523. The molecule has 0 atom stereocenters. The van der Waals surface area contributed by atoms with Crippen LogP contribution in [0.5, 0.6) is 0 Å². The SMILES string of the molecule is CNC1CCN(C(=O)Nc2ncc(-c3ccccc3)s2)CC1. The molecule has 1 aliphatic heterocycles. The van der Waals surface area contributed by atoms with E-state index >= 15 is 0 Å². The standard InChI is InChI=1S/C16H20N4OS/c1-17-13-7-9-20(10-8-13)16(21)19-15-18-11-14(22-15)12-5-3-2-4-6-12/h2-6,11,13,17H,7-10H2,1H3,(H,18,19,21). The van der Waals surface area contributed by atoms with Crippen LogP contribution in [-0.4, -0.2) is 42.1 Å². The molecule has 2 aromatic rings. The molecule has 1 saturated heterocycles. The Morgan fingerprint density at radius 3 is 2.68 bits per heavy atom. The van der Waals surface area contributed by atoms with Crippen molar-refractivity contribution in [1.82, 2.24) is 15.2 Å². The molecule has 1 aromatic heterocycles. The number of benzene rings is 1. The van der Waals surface area contributed by atoms with Gasteiger partial charge in [-0.05, 0) is 25.5 Å². The van der Waals surface area contributed by atoms with Crippen molar-refractivity contribution in [1.29, 1.82) is 0 Å². The molecule has 2 heterocycles. The van der Waals surface area contributed by atoms with E-state index in [0.717, 1.165) is 36.4 Å². The summed E-state index contributed by atoms with van der Waals surface area (Å²) < 4.78 is 0. The number of aromatic nitrogens is 1. The van der Waals surface area contributed by atoms with Gasteiger partial charge in [-0.3, -0.25) is 5.32 Å². The number of hydrogen-bond donors (Lipinski definition) is 2. The molecule has 22 heavy (non-hydrogen) atoms. The quantitative estimate of drug-likeness (QED) is 0.915. The maximum atomic E-state index is 12.3. The van der Waals surface area contributed by atoms with Crippen LogP contribution in [0.2, 0.25) is 0 Å². The Balaban J connectivity index is 1.60. The smallest absolute Gasteiger partial charge is 0.323 e. The van der Waals surface area contributed by atoms with Crippen LogP contribution in [0.15, 0.2) is 36.5 Å². The van der Waals surface area contributed by atoms with Crippen molar-refractivity contribution in [2.45, 2.75) is 18.9 Å². The zero-order valence-corrected chi connectivity index (χ0v) is 13.4. The highest BCUT2D eigenvalue weighted by Gasteiger charge is 2.22. The molecule has 2 amide bonds. The fraction of sp³-hybridized carbons (Fsp3) is 0.375. The third-order valence-electron chi connectivity index (χ3n) is 3.97. The summed E-state index contributed by atoms with van der Waals surface area (Å²) in [6.45, 7) is 1.57. The van der Waals surface area contributed by atoms with E-state index in [9.17, 15) is 4.79 Å². The number of urea groups is 1. The molecule has 3 rings (SSSR count). The maximum absolute atomic E-state index is 12.3. The average Bonchev–Trinajstić information content (AvgIpc) is 3.04. The summed E-state index contributed by atoms with van der Waals surface area (Å²) in [7, 11) is 1.97. The zero-order chi connectivity index (χ0) is 15.4. The topological polar surface area (TPSA) is 57.3 Å². The average molecular weight is 316 g/mol. The number of carbonyl (C=O) groups excluding carboxylic acids is 1. The van der Waals surface area contributed by atoms with Crippen molar-refractivity contribution < 1.29 is 4.79 Å². The number of anilines is 1. The van der Waals surface area contributed by atoms with Gasteiger partial charge >= 0.3 is 6.03 Å². The molecule has 0 saturated carbocycles. The van der Waals surface area contributed by atoms with Gasteiger partial charge in [-0.2, -0.15) is 0 Å². The van der Waals surface area contributed by atoms with Gasteiger partial charge in [0, 0.05) is 25.3 Å². The molecule has 0 aliphatic carbocycles. The number of nitrogens with zero attached hydrogens (tertiary/aromatic N) is 2. The minimum Gasteiger partial charge on any atom is -0.324 e. The molecule has 0 spiro atoms. The van der Waals surface area contributed by atoms with Crippen LogP contribution in [0.1, 0.15) is 12.8 Å². The highest BCUT2D eigenvalue weighted by Crippen LogP contribution is 2.28. The molecule has 0 bridgehead atoms. The molecule has 6 heteroatoms. The first-order valence-corrected chi connectivity index (χ1v) is 8.32. The van der Waals surface area contributed by atoms with Crippen LogP contribution < -0.4 is 10.6 Å². The van der Waals surface area contributed by atoms with Crippen molar-refractivity contribution >= 4 is 22.5 Å². The van der Waals surface area contributed by atoms with Gasteiger partial charge in [0.05, 0.1) is 4.88 Å². The lowest BCUT2D eigenvalue weighted by atomic mass is 10.1. The van der Waals surface area contributed by atoms with Gasteiger partial charge in [-0.25, -0.2) is 9.78 Å². The van der Waals surface area contributed by atoms with Crippen LogP contribution in [0.25, 0.3) is 10.4 Å². The van der Waals surface area contributed by atoms with Crippen LogP contribution in [0.3, 0.4) is 0 Å². The summed E-state index contributed by atoms with van der Waals surface area (Å²) in [6.07, 6.45) is 3.80. The van der Waals surface area contributed by atoms with Crippen LogP contribution in [0, 0.1) is 0 Å². The summed E-state index contributed by atoms with van der Waals surface area (Å²) in [4.78, 5) is 19.5. The summed E-state index contributed by atoms with van der Waals surface area (Å²) in [5.74, 6) is 0. The molecular formula is C16H20N4OS. The van der Waals surface area contributed by atoms with Gasteiger partial charge in [-0.1, -0.05) is 41.7 Å². The first-order valence-electron chi connectivity index (χ1n) is 7.50. The third-order valence-corrected chi connectivity index (χ3v) is 4.93. The largest absolute Gasteiger partial charge is 0.324 e. The highest BCUT2D eigenvalue weighted by atomic mass is 32.1.